The molecular formula is C12H22N4S. The Morgan fingerprint density at radius 3 is 3.06 bits per heavy atom. The minimum absolute atomic E-state index is 0.881. The molecule has 0 spiro atoms. The molecule has 0 amide bonds. The van der Waals surface area contributed by atoms with Crippen LogP contribution in [0.5, 0.6) is 0 Å². The summed E-state index contributed by atoms with van der Waals surface area (Å²) in [6, 6.07) is 0. The highest BCUT2D eigenvalue weighted by Crippen LogP contribution is 2.20. The molecule has 96 valence electrons. The summed E-state index contributed by atoms with van der Waals surface area (Å²) in [7, 11) is 0. The highest BCUT2D eigenvalue weighted by molar-refractivity contribution is 7.15. The lowest BCUT2D eigenvalue weighted by atomic mass is 10.0. The van der Waals surface area contributed by atoms with Gasteiger partial charge in [0.1, 0.15) is 5.01 Å². The molecular weight excluding hydrogens is 232 g/mol. The zero-order valence-electron chi connectivity index (χ0n) is 10.8. The molecule has 17 heavy (non-hydrogen) atoms. The highest BCUT2D eigenvalue weighted by atomic mass is 32.1. The van der Waals surface area contributed by atoms with E-state index >= 15 is 0 Å². The van der Waals surface area contributed by atoms with Crippen LogP contribution in [0.2, 0.25) is 0 Å². The van der Waals surface area contributed by atoms with Gasteiger partial charge in [-0.3, -0.25) is 4.90 Å². The predicted molar refractivity (Wildman–Crippen MR) is 72.4 cm³/mol. The summed E-state index contributed by atoms with van der Waals surface area (Å²) >= 11 is 1.68. The molecule has 0 aliphatic carbocycles. The normalized spacial score (nSPS) is 22.4. The number of aromatic nitrogens is 2. The van der Waals surface area contributed by atoms with Crippen LogP contribution in [0.4, 0.5) is 5.13 Å². The Kier molecular flexibility index (Phi) is 4.74. The van der Waals surface area contributed by atoms with E-state index < -0.39 is 0 Å². The molecule has 0 saturated carbocycles. The Morgan fingerprint density at radius 1 is 1.35 bits per heavy atom. The van der Waals surface area contributed by atoms with Crippen molar-refractivity contribution in [3.05, 3.63) is 5.01 Å². The van der Waals surface area contributed by atoms with Gasteiger partial charge in [0.2, 0.25) is 5.13 Å². The van der Waals surface area contributed by atoms with Gasteiger partial charge in [-0.2, -0.15) is 0 Å². The number of hydrogen-bond acceptors (Lipinski definition) is 5. The van der Waals surface area contributed by atoms with Crippen LogP contribution < -0.4 is 5.32 Å². The van der Waals surface area contributed by atoms with Gasteiger partial charge in [-0.25, -0.2) is 0 Å². The van der Waals surface area contributed by atoms with E-state index in [2.05, 4.69) is 34.3 Å². The maximum absolute atomic E-state index is 4.24. The van der Waals surface area contributed by atoms with E-state index in [9.17, 15) is 0 Å². The van der Waals surface area contributed by atoms with Crippen molar-refractivity contribution >= 4 is 16.5 Å². The Balaban J connectivity index is 1.86. The van der Waals surface area contributed by atoms with Gasteiger partial charge in [0.05, 0.1) is 6.54 Å². The second-order valence-electron chi connectivity index (χ2n) is 4.84. The molecule has 2 heterocycles. The highest BCUT2D eigenvalue weighted by Gasteiger charge is 2.15. The summed E-state index contributed by atoms with van der Waals surface area (Å²) in [6.45, 7) is 8.73. The van der Waals surface area contributed by atoms with Crippen molar-refractivity contribution in [2.45, 2.75) is 39.7 Å². The minimum atomic E-state index is 0.881. The standard InChI is InChI=1S/C12H22N4S/c1-3-13-12-15-14-11(17-12)9-16-7-4-5-10(2)6-8-16/h10H,3-9H2,1-2H3,(H,13,15). The van der Waals surface area contributed by atoms with E-state index in [0.29, 0.717) is 0 Å². The number of likely N-dealkylation sites (tertiary alicyclic amines) is 1. The second kappa shape index (κ2) is 6.31. The molecule has 1 aromatic rings. The average Bonchev–Trinajstić information content (AvgIpc) is 2.63. The Hall–Kier alpha value is -0.680. The van der Waals surface area contributed by atoms with E-state index in [4.69, 9.17) is 0 Å². The van der Waals surface area contributed by atoms with Gasteiger partial charge in [0, 0.05) is 6.54 Å². The van der Waals surface area contributed by atoms with Crippen LogP contribution in [0.25, 0.3) is 0 Å². The molecule has 0 aromatic carbocycles. The number of nitrogens with zero attached hydrogens (tertiary/aromatic N) is 3. The quantitative estimate of drug-likeness (QED) is 0.896. The fourth-order valence-corrected chi connectivity index (χ4v) is 3.06. The molecule has 1 aliphatic heterocycles. The van der Waals surface area contributed by atoms with Crippen LogP contribution in [-0.4, -0.2) is 34.7 Å². The summed E-state index contributed by atoms with van der Waals surface area (Å²) in [5.74, 6) is 0.881. The Bertz CT molecular complexity index is 339. The fraction of sp³-hybridized carbons (Fsp3) is 0.833. The average molecular weight is 254 g/mol. The SMILES string of the molecule is CCNc1nnc(CN2CCCC(C)CC2)s1. The van der Waals surface area contributed by atoms with E-state index in [1.807, 2.05) is 0 Å². The molecule has 1 N–H and O–H groups in total. The zero-order valence-corrected chi connectivity index (χ0v) is 11.6. The third-order valence-electron chi connectivity index (χ3n) is 3.26. The summed E-state index contributed by atoms with van der Waals surface area (Å²) in [5, 5.41) is 13.7. The largest absolute Gasteiger partial charge is 0.360 e. The Labute approximate surface area is 107 Å². The van der Waals surface area contributed by atoms with Crippen molar-refractivity contribution in [1.29, 1.82) is 0 Å². The topological polar surface area (TPSA) is 41.1 Å². The molecule has 1 unspecified atom stereocenters. The summed E-state index contributed by atoms with van der Waals surface area (Å²) in [4.78, 5) is 2.51. The van der Waals surface area contributed by atoms with Crippen LogP contribution in [0, 0.1) is 5.92 Å². The van der Waals surface area contributed by atoms with E-state index in [0.717, 1.165) is 29.1 Å². The van der Waals surface area contributed by atoms with Gasteiger partial charge < -0.3 is 5.32 Å². The van der Waals surface area contributed by atoms with Crippen molar-refractivity contribution < 1.29 is 0 Å². The van der Waals surface area contributed by atoms with Crippen LogP contribution in [0.3, 0.4) is 0 Å². The van der Waals surface area contributed by atoms with Crippen molar-refractivity contribution in [2.24, 2.45) is 5.92 Å². The second-order valence-corrected chi connectivity index (χ2v) is 5.91. The number of hydrogen-bond donors (Lipinski definition) is 1. The first kappa shape index (κ1) is 12.8. The molecule has 5 heteroatoms. The zero-order chi connectivity index (χ0) is 12.1. The van der Waals surface area contributed by atoms with Gasteiger partial charge in [0.15, 0.2) is 0 Å². The van der Waals surface area contributed by atoms with Crippen molar-refractivity contribution in [1.82, 2.24) is 15.1 Å². The lowest BCUT2D eigenvalue weighted by molar-refractivity contribution is 0.272. The third-order valence-corrected chi connectivity index (χ3v) is 4.13. The van der Waals surface area contributed by atoms with E-state index in [1.54, 1.807) is 11.3 Å². The van der Waals surface area contributed by atoms with Crippen LogP contribution in [-0.2, 0) is 6.54 Å². The molecule has 1 aromatic heterocycles. The van der Waals surface area contributed by atoms with Gasteiger partial charge in [-0.1, -0.05) is 18.3 Å². The van der Waals surface area contributed by atoms with Crippen molar-refractivity contribution in [2.75, 3.05) is 25.0 Å². The minimum Gasteiger partial charge on any atom is -0.360 e. The number of nitrogens with one attached hydrogen (secondary N) is 1. The number of anilines is 1. The molecule has 2 rings (SSSR count). The molecule has 1 atom stereocenters. The smallest absolute Gasteiger partial charge is 0.205 e. The maximum atomic E-state index is 4.24. The first-order chi connectivity index (χ1) is 8.28. The lowest BCUT2D eigenvalue weighted by Gasteiger charge is -2.17. The van der Waals surface area contributed by atoms with E-state index in [-0.39, 0.29) is 0 Å². The predicted octanol–water partition coefficient (Wildman–Crippen LogP) is 2.59. The monoisotopic (exact) mass is 254 g/mol. The number of rotatable bonds is 4. The maximum Gasteiger partial charge on any atom is 0.205 e. The Morgan fingerprint density at radius 2 is 2.24 bits per heavy atom. The molecule has 0 bridgehead atoms. The summed E-state index contributed by atoms with van der Waals surface area (Å²) in [6.07, 6.45) is 4.01. The van der Waals surface area contributed by atoms with Gasteiger partial charge >= 0.3 is 0 Å². The molecule has 0 radical (unpaired) electrons. The summed E-state index contributed by atoms with van der Waals surface area (Å²) < 4.78 is 0. The van der Waals surface area contributed by atoms with Crippen LogP contribution >= 0.6 is 11.3 Å². The molecule has 1 fully saturated rings. The summed E-state index contributed by atoms with van der Waals surface area (Å²) in [5.41, 5.74) is 0. The van der Waals surface area contributed by atoms with Crippen LogP contribution in [0.1, 0.15) is 38.1 Å². The van der Waals surface area contributed by atoms with Crippen LogP contribution in [0.15, 0.2) is 0 Å². The van der Waals surface area contributed by atoms with Crippen molar-refractivity contribution in [3.63, 3.8) is 0 Å². The fourth-order valence-electron chi connectivity index (χ4n) is 2.21. The molecule has 1 aliphatic rings. The first-order valence-electron chi connectivity index (χ1n) is 6.56. The molecule has 1 saturated heterocycles. The van der Waals surface area contributed by atoms with Gasteiger partial charge in [0.25, 0.3) is 0 Å². The lowest BCUT2D eigenvalue weighted by Crippen LogP contribution is -2.24. The van der Waals surface area contributed by atoms with E-state index in [1.165, 1.54) is 32.4 Å². The first-order valence-corrected chi connectivity index (χ1v) is 7.38. The van der Waals surface area contributed by atoms with Gasteiger partial charge in [-0.15, -0.1) is 10.2 Å². The van der Waals surface area contributed by atoms with Crippen molar-refractivity contribution in [3.8, 4) is 0 Å². The third kappa shape index (κ3) is 3.92. The molecule has 4 nitrogen and oxygen atoms in total. The van der Waals surface area contributed by atoms with Gasteiger partial charge in [-0.05, 0) is 45.2 Å².